The molecular formula is C26H37N5O5S. The van der Waals surface area contributed by atoms with Crippen molar-refractivity contribution in [3.8, 4) is 11.4 Å². The first-order valence-corrected chi connectivity index (χ1v) is 13.1. The number of nitrogens with one attached hydrogen (secondary N) is 1. The molecule has 1 N–H and O–H groups in total. The second kappa shape index (κ2) is 12.0. The van der Waals surface area contributed by atoms with Crippen molar-refractivity contribution in [3.05, 3.63) is 35.7 Å². The molecule has 1 aromatic heterocycles. The fraction of sp³-hybridized carbons (Fsp3) is 0.577. The van der Waals surface area contributed by atoms with Gasteiger partial charge in [0.1, 0.15) is 17.2 Å². The number of aryl methyl sites for hydroxylation is 1. The average molecular weight is 532 g/mol. The van der Waals surface area contributed by atoms with Crippen LogP contribution in [0.4, 0.5) is 9.59 Å². The summed E-state index contributed by atoms with van der Waals surface area (Å²) < 4.78 is 16.3. The Balaban J connectivity index is 1.83. The maximum Gasteiger partial charge on any atom is 0.437 e. The zero-order valence-electron chi connectivity index (χ0n) is 22.4. The molecule has 2 heterocycles. The normalized spacial score (nSPS) is 16.6. The zero-order valence-corrected chi connectivity index (χ0v) is 23.3. The van der Waals surface area contributed by atoms with Gasteiger partial charge in [-0.25, -0.2) is 9.59 Å². The molecule has 0 radical (unpaired) electrons. The summed E-state index contributed by atoms with van der Waals surface area (Å²) >= 11 is 4.27. The lowest BCUT2D eigenvalue weighted by Crippen LogP contribution is -2.46. The molecule has 1 atom stereocenters. The lowest BCUT2D eigenvalue weighted by Gasteiger charge is -2.27. The van der Waals surface area contributed by atoms with Crippen LogP contribution < -0.4 is 5.32 Å². The largest absolute Gasteiger partial charge is 0.444 e. The Morgan fingerprint density at radius 3 is 2.43 bits per heavy atom. The maximum atomic E-state index is 12.6. The van der Waals surface area contributed by atoms with Gasteiger partial charge in [-0.15, -0.1) is 4.99 Å². The average Bonchev–Trinajstić information content (AvgIpc) is 3.44. The molecule has 1 aromatic carbocycles. The SMILES string of the molecule is CC(C)(C)OC(=O)N=C(NC(=O)OC(C)(C)C)N1CCC[C@H]1c1nc(-c2ccc(CCCS)cc2)no1. The molecule has 0 spiro atoms. The number of alkyl carbamates (subject to hydrolysis) is 1. The molecule has 2 aromatic rings. The van der Waals surface area contributed by atoms with E-state index in [0.29, 0.717) is 24.7 Å². The number of carbonyl (C=O) groups is 2. The standard InChI is InChI=1S/C26H37N5O5S/c1-25(2,3)34-23(32)28-22(29-24(33)35-26(4,5)6)31-15-7-10-19(31)21-27-20(30-36-21)18-13-11-17(12-14-18)9-8-16-37/h11-14,19,37H,7-10,15-16H2,1-6H3,(H,28,29,32,33)/t19-/m0/s1. The fourth-order valence-electron chi connectivity index (χ4n) is 3.80. The van der Waals surface area contributed by atoms with Crippen molar-refractivity contribution in [1.82, 2.24) is 20.4 Å². The summed E-state index contributed by atoms with van der Waals surface area (Å²) in [5, 5.41) is 6.78. The summed E-state index contributed by atoms with van der Waals surface area (Å²) in [5.41, 5.74) is 0.587. The van der Waals surface area contributed by atoms with Gasteiger partial charge in [0.2, 0.25) is 17.7 Å². The summed E-state index contributed by atoms with van der Waals surface area (Å²) in [6.07, 6.45) is 1.86. The molecule has 0 bridgehead atoms. The van der Waals surface area contributed by atoms with Crippen LogP contribution in [-0.4, -0.2) is 56.7 Å². The van der Waals surface area contributed by atoms with Crippen LogP contribution >= 0.6 is 12.6 Å². The van der Waals surface area contributed by atoms with Crippen molar-refractivity contribution in [2.75, 3.05) is 12.3 Å². The quantitative estimate of drug-likeness (QED) is 0.293. The van der Waals surface area contributed by atoms with Gasteiger partial charge in [0.05, 0.1) is 0 Å². The predicted molar refractivity (Wildman–Crippen MR) is 144 cm³/mol. The highest BCUT2D eigenvalue weighted by molar-refractivity contribution is 7.80. The first-order chi connectivity index (χ1) is 17.3. The lowest BCUT2D eigenvalue weighted by atomic mass is 10.1. The molecule has 37 heavy (non-hydrogen) atoms. The highest BCUT2D eigenvalue weighted by atomic mass is 32.1. The summed E-state index contributed by atoms with van der Waals surface area (Å²) in [4.78, 5) is 35.5. The molecule has 1 saturated heterocycles. The Morgan fingerprint density at radius 2 is 1.81 bits per heavy atom. The second-order valence-corrected chi connectivity index (χ2v) is 11.3. The third-order valence-corrected chi connectivity index (χ3v) is 5.61. The van der Waals surface area contributed by atoms with Crippen LogP contribution in [0, 0.1) is 0 Å². The molecular weight excluding hydrogens is 494 g/mol. The number of rotatable bonds is 5. The van der Waals surface area contributed by atoms with Crippen molar-refractivity contribution in [1.29, 1.82) is 0 Å². The van der Waals surface area contributed by atoms with E-state index in [-0.39, 0.29) is 12.0 Å². The molecule has 11 heteroatoms. The molecule has 2 amide bonds. The number of benzene rings is 1. The smallest absolute Gasteiger partial charge is 0.437 e. The Morgan fingerprint density at radius 1 is 1.14 bits per heavy atom. The van der Waals surface area contributed by atoms with Gasteiger partial charge in [-0.2, -0.15) is 17.6 Å². The molecule has 10 nitrogen and oxygen atoms in total. The molecule has 1 aliphatic rings. The van der Waals surface area contributed by atoms with Crippen LogP contribution in [0.2, 0.25) is 0 Å². The van der Waals surface area contributed by atoms with E-state index in [0.717, 1.165) is 30.6 Å². The number of thiol groups is 1. The molecule has 0 saturated carbocycles. The number of guanidine groups is 1. The van der Waals surface area contributed by atoms with Gasteiger partial charge in [-0.1, -0.05) is 29.4 Å². The van der Waals surface area contributed by atoms with E-state index < -0.39 is 23.4 Å². The van der Waals surface area contributed by atoms with Gasteiger partial charge in [0.25, 0.3) is 0 Å². The number of aromatic nitrogens is 2. The van der Waals surface area contributed by atoms with Crippen LogP contribution in [0.3, 0.4) is 0 Å². The van der Waals surface area contributed by atoms with Gasteiger partial charge < -0.3 is 18.9 Å². The zero-order chi connectivity index (χ0) is 27.2. The lowest BCUT2D eigenvalue weighted by molar-refractivity contribution is 0.0553. The predicted octanol–water partition coefficient (Wildman–Crippen LogP) is 5.55. The van der Waals surface area contributed by atoms with Crippen LogP contribution in [0.25, 0.3) is 11.4 Å². The van der Waals surface area contributed by atoms with Crippen LogP contribution in [0.15, 0.2) is 33.8 Å². The van der Waals surface area contributed by atoms with Crippen molar-refractivity contribution in [3.63, 3.8) is 0 Å². The topological polar surface area (TPSA) is 119 Å². The Hall–Kier alpha value is -3.08. The van der Waals surface area contributed by atoms with E-state index in [1.165, 1.54) is 5.56 Å². The van der Waals surface area contributed by atoms with Crippen molar-refractivity contribution >= 4 is 30.8 Å². The number of hydrogen-bond acceptors (Lipinski definition) is 8. The minimum Gasteiger partial charge on any atom is -0.444 e. The Labute approximate surface area is 223 Å². The molecule has 202 valence electrons. The van der Waals surface area contributed by atoms with Gasteiger partial charge in [0.15, 0.2) is 0 Å². The fourth-order valence-corrected chi connectivity index (χ4v) is 3.96. The summed E-state index contributed by atoms with van der Waals surface area (Å²) in [5.74, 6) is 1.69. The Bertz CT molecular complexity index is 1100. The minimum atomic E-state index is -0.826. The first kappa shape index (κ1) is 28.5. The van der Waals surface area contributed by atoms with Gasteiger partial charge in [0, 0.05) is 12.1 Å². The number of ether oxygens (including phenoxy) is 2. The number of carbonyl (C=O) groups excluding carboxylic acids is 2. The van der Waals surface area contributed by atoms with E-state index in [2.05, 4.69) is 33.1 Å². The Kier molecular flexibility index (Phi) is 9.22. The van der Waals surface area contributed by atoms with Gasteiger partial charge in [-0.3, -0.25) is 5.32 Å². The molecule has 0 aliphatic carbocycles. The first-order valence-electron chi connectivity index (χ1n) is 12.5. The van der Waals surface area contributed by atoms with E-state index in [1.54, 1.807) is 46.4 Å². The van der Waals surface area contributed by atoms with E-state index in [9.17, 15) is 9.59 Å². The maximum absolute atomic E-state index is 12.6. The van der Waals surface area contributed by atoms with E-state index >= 15 is 0 Å². The van der Waals surface area contributed by atoms with Gasteiger partial charge in [-0.05, 0) is 78.5 Å². The molecule has 3 rings (SSSR count). The van der Waals surface area contributed by atoms with Crippen LogP contribution in [0.5, 0.6) is 0 Å². The highest BCUT2D eigenvalue weighted by Crippen LogP contribution is 2.32. The van der Waals surface area contributed by atoms with E-state index in [4.69, 9.17) is 14.0 Å². The molecule has 1 aliphatic heterocycles. The summed E-state index contributed by atoms with van der Waals surface area (Å²) in [6, 6.07) is 7.65. The molecule has 1 fully saturated rings. The second-order valence-electron chi connectivity index (χ2n) is 10.9. The number of amides is 2. The molecule has 0 unspecified atom stereocenters. The van der Waals surface area contributed by atoms with Crippen molar-refractivity contribution in [2.24, 2.45) is 4.99 Å². The minimum absolute atomic E-state index is 0.0132. The number of hydrogen-bond donors (Lipinski definition) is 2. The number of likely N-dealkylation sites (tertiary alicyclic amines) is 1. The third-order valence-electron chi connectivity index (χ3n) is 5.29. The monoisotopic (exact) mass is 531 g/mol. The number of aliphatic imine (C=N–C) groups is 1. The van der Waals surface area contributed by atoms with Crippen LogP contribution in [-0.2, 0) is 15.9 Å². The van der Waals surface area contributed by atoms with Crippen molar-refractivity contribution < 1.29 is 23.6 Å². The van der Waals surface area contributed by atoms with Gasteiger partial charge >= 0.3 is 12.2 Å². The summed E-state index contributed by atoms with van der Waals surface area (Å²) in [6.45, 7) is 11.0. The third kappa shape index (κ3) is 8.77. The number of nitrogens with zero attached hydrogens (tertiary/aromatic N) is 4. The van der Waals surface area contributed by atoms with E-state index in [1.807, 2.05) is 24.3 Å². The summed E-state index contributed by atoms with van der Waals surface area (Å²) in [7, 11) is 0. The van der Waals surface area contributed by atoms with Crippen LogP contribution in [0.1, 0.15) is 78.3 Å². The highest BCUT2D eigenvalue weighted by Gasteiger charge is 2.35. The van der Waals surface area contributed by atoms with Crippen molar-refractivity contribution in [2.45, 2.75) is 84.5 Å².